The maximum absolute atomic E-state index is 11.6. The molecule has 0 unspecified atom stereocenters. The van der Waals surface area contributed by atoms with Gasteiger partial charge in [-0.1, -0.05) is 12.8 Å². The molecule has 0 radical (unpaired) electrons. The van der Waals surface area contributed by atoms with E-state index in [-0.39, 0.29) is 0 Å². The van der Waals surface area contributed by atoms with Gasteiger partial charge in [-0.3, -0.25) is 9.69 Å². The third-order valence-corrected chi connectivity index (χ3v) is 3.14. The SMILES string of the molecule is O=C(CN1CCC1)C1CCCC1. The van der Waals surface area contributed by atoms with E-state index in [0.717, 1.165) is 32.5 Å². The van der Waals surface area contributed by atoms with Crippen molar-refractivity contribution in [3.8, 4) is 0 Å². The van der Waals surface area contributed by atoms with Gasteiger partial charge in [0.15, 0.2) is 0 Å². The van der Waals surface area contributed by atoms with Gasteiger partial charge in [0.25, 0.3) is 0 Å². The van der Waals surface area contributed by atoms with Crippen molar-refractivity contribution in [1.29, 1.82) is 0 Å². The first-order valence-electron chi connectivity index (χ1n) is 5.11. The molecule has 2 fully saturated rings. The fourth-order valence-corrected chi connectivity index (χ4v) is 2.14. The number of carbonyl (C=O) groups excluding carboxylic acids is 1. The Bertz CT molecular complexity index is 169. The van der Waals surface area contributed by atoms with Crippen LogP contribution in [0.4, 0.5) is 0 Å². The third kappa shape index (κ3) is 1.69. The molecule has 2 rings (SSSR count). The molecular formula is C10H17NO. The summed E-state index contributed by atoms with van der Waals surface area (Å²) in [6.45, 7) is 3.04. The maximum Gasteiger partial charge on any atom is 0.149 e. The summed E-state index contributed by atoms with van der Waals surface area (Å²) in [6, 6.07) is 0. The normalized spacial score (nSPS) is 25.7. The predicted octanol–water partition coefficient (Wildman–Crippen LogP) is 1.45. The lowest BCUT2D eigenvalue weighted by Gasteiger charge is -2.30. The van der Waals surface area contributed by atoms with Gasteiger partial charge in [0.05, 0.1) is 6.54 Å². The summed E-state index contributed by atoms with van der Waals surface area (Å²) in [5.74, 6) is 0.929. The van der Waals surface area contributed by atoms with Crippen molar-refractivity contribution in [3.05, 3.63) is 0 Å². The molecular weight excluding hydrogens is 150 g/mol. The summed E-state index contributed by atoms with van der Waals surface area (Å²) in [5.41, 5.74) is 0. The number of nitrogens with zero attached hydrogens (tertiary/aromatic N) is 1. The zero-order valence-corrected chi connectivity index (χ0v) is 7.59. The van der Waals surface area contributed by atoms with Crippen molar-refractivity contribution in [3.63, 3.8) is 0 Å². The first kappa shape index (κ1) is 8.24. The second-order valence-corrected chi connectivity index (χ2v) is 4.08. The topological polar surface area (TPSA) is 20.3 Å². The quantitative estimate of drug-likeness (QED) is 0.634. The van der Waals surface area contributed by atoms with E-state index < -0.39 is 0 Å². The molecule has 1 saturated heterocycles. The number of carbonyl (C=O) groups is 1. The molecule has 0 amide bonds. The van der Waals surface area contributed by atoms with Crippen LogP contribution in [-0.2, 0) is 4.79 Å². The van der Waals surface area contributed by atoms with Crippen LogP contribution in [0.15, 0.2) is 0 Å². The number of ketones is 1. The summed E-state index contributed by atoms with van der Waals surface area (Å²) in [6.07, 6.45) is 6.16. The molecule has 1 saturated carbocycles. The van der Waals surface area contributed by atoms with Gasteiger partial charge in [-0.15, -0.1) is 0 Å². The molecule has 1 heterocycles. The fourth-order valence-electron chi connectivity index (χ4n) is 2.14. The summed E-state index contributed by atoms with van der Waals surface area (Å²) in [4.78, 5) is 13.9. The van der Waals surface area contributed by atoms with E-state index in [1.165, 1.54) is 19.3 Å². The Morgan fingerprint density at radius 1 is 1.17 bits per heavy atom. The molecule has 12 heavy (non-hydrogen) atoms. The molecule has 1 aliphatic heterocycles. The first-order chi connectivity index (χ1) is 5.86. The van der Waals surface area contributed by atoms with E-state index >= 15 is 0 Å². The highest BCUT2D eigenvalue weighted by molar-refractivity contribution is 5.83. The summed E-state index contributed by atoms with van der Waals surface area (Å²) in [7, 11) is 0. The minimum atomic E-state index is 0.422. The van der Waals surface area contributed by atoms with Gasteiger partial charge in [-0.25, -0.2) is 0 Å². The number of rotatable bonds is 3. The van der Waals surface area contributed by atoms with Crippen molar-refractivity contribution in [2.24, 2.45) is 5.92 Å². The van der Waals surface area contributed by atoms with Crippen molar-refractivity contribution in [2.75, 3.05) is 19.6 Å². The predicted molar refractivity (Wildman–Crippen MR) is 48.0 cm³/mol. The summed E-state index contributed by atoms with van der Waals surface area (Å²) >= 11 is 0. The lowest BCUT2D eigenvalue weighted by molar-refractivity contribution is -0.124. The molecule has 68 valence electrons. The molecule has 0 spiro atoms. The lowest BCUT2D eigenvalue weighted by atomic mass is 10.0. The zero-order chi connectivity index (χ0) is 8.39. The largest absolute Gasteiger partial charge is 0.298 e. The van der Waals surface area contributed by atoms with Crippen LogP contribution in [0.1, 0.15) is 32.1 Å². The Balaban J connectivity index is 1.74. The Morgan fingerprint density at radius 3 is 2.33 bits per heavy atom. The Hall–Kier alpha value is -0.370. The number of Topliss-reactive ketones (excluding diaryl/α,β-unsaturated/α-hetero) is 1. The molecule has 0 aromatic rings. The van der Waals surface area contributed by atoms with E-state index in [1.54, 1.807) is 0 Å². The van der Waals surface area contributed by atoms with Crippen LogP contribution in [0.2, 0.25) is 0 Å². The highest BCUT2D eigenvalue weighted by Gasteiger charge is 2.25. The molecule has 0 bridgehead atoms. The highest BCUT2D eigenvalue weighted by Crippen LogP contribution is 2.26. The van der Waals surface area contributed by atoms with Crippen LogP contribution in [0.3, 0.4) is 0 Å². The molecule has 0 N–H and O–H groups in total. The van der Waals surface area contributed by atoms with E-state index in [4.69, 9.17) is 0 Å². The molecule has 0 aromatic heterocycles. The van der Waals surface area contributed by atoms with Crippen LogP contribution >= 0.6 is 0 Å². The monoisotopic (exact) mass is 167 g/mol. The van der Waals surface area contributed by atoms with Gasteiger partial charge >= 0.3 is 0 Å². The third-order valence-electron chi connectivity index (χ3n) is 3.14. The van der Waals surface area contributed by atoms with Crippen LogP contribution < -0.4 is 0 Å². The average molecular weight is 167 g/mol. The van der Waals surface area contributed by atoms with Crippen molar-refractivity contribution in [1.82, 2.24) is 4.90 Å². The maximum atomic E-state index is 11.6. The molecule has 2 nitrogen and oxygen atoms in total. The summed E-state index contributed by atoms with van der Waals surface area (Å²) in [5, 5.41) is 0. The van der Waals surface area contributed by atoms with Gasteiger partial charge in [0.1, 0.15) is 5.78 Å². The van der Waals surface area contributed by atoms with Gasteiger partial charge in [-0.2, -0.15) is 0 Å². The fraction of sp³-hybridized carbons (Fsp3) is 0.900. The van der Waals surface area contributed by atoms with Crippen LogP contribution in [0.5, 0.6) is 0 Å². The second-order valence-electron chi connectivity index (χ2n) is 4.08. The lowest BCUT2D eigenvalue weighted by Crippen LogP contribution is -2.42. The van der Waals surface area contributed by atoms with Crippen molar-refractivity contribution >= 4 is 5.78 Å². The standard InChI is InChI=1S/C10H17NO/c12-10(8-11-6-3-7-11)9-4-1-2-5-9/h9H,1-8H2. The van der Waals surface area contributed by atoms with Crippen molar-refractivity contribution < 1.29 is 4.79 Å². The van der Waals surface area contributed by atoms with E-state index in [0.29, 0.717) is 11.7 Å². The molecule has 0 aromatic carbocycles. The second kappa shape index (κ2) is 3.56. The van der Waals surface area contributed by atoms with E-state index in [2.05, 4.69) is 4.90 Å². The van der Waals surface area contributed by atoms with Gasteiger partial charge in [0.2, 0.25) is 0 Å². The molecule has 2 heteroatoms. The van der Waals surface area contributed by atoms with E-state index in [1.807, 2.05) is 0 Å². The van der Waals surface area contributed by atoms with Crippen LogP contribution in [-0.4, -0.2) is 30.3 Å². The molecule has 2 aliphatic rings. The van der Waals surface area contributed by atoms with Gasteiger partial charge in [-0.05, 0) is 32.4 Å². The summed E-state index contributed by atoms with van der Waals surface area (Å²) < 4.78 is 0. The van der Waals surface area contributed by atoms with Crippen molar-refractivity contribution in [2.45, 2.75) is 32.1 Å². The minimum Gasteiger partial charge on any atom is -0.298 e. The van der Waals surface area contributed by atoms with Crippen LogP contribution in [0.25, 0.3) is 0 Å². The average Bonchev–Trinajstić information content (AvgIpc) is 2.47. The van der Waals surface area contributed by atoms with Gasteiger partial charge in [0, 0.05) is 5.92 Å². The Labute approximate surface area is 73.9 Å². The van der Waals surface area contributed by atoms with Gasteiger partial charge < -0.3 is 0 Å². The smallest absolute Gasteiger partial charge is 0.149 e. The van der Waals surface area contributed by atoms with Crippen LogP contribution in [0, 0.1) is 5.92 Å². The Kier molecular flexibility index (Phi) is 2.45. The van der Waals surface area contributed by atoms with E-state index in [9.17, 15) is 4.79 Å². The highest BCUT2D eigenvalue weighted by atomic mass is 16.1. The first-order valence-corrected chi connectivity index (χ1v) is 5.11. The minimum absolute atomic E-state index is 0.422. The number of hydrogen-bond donors (Lipinski definition) is 0. The zero-order valence-electron chi connectivity index (χ0n) is 7.59. The number of hydrogen-bond acceptors (Lipinski definition) is 2. The number of likely N-dealkylation sites (tertiary alicyclic amines) is 1. The molecule has 1 aliphatic carbocycles. The Morgan fingerprint density at radius 2 is 1.83 bits per heavy atom. The molecule has 0 atom stereocenters.